The molecule has 0 spiro atoms. The third-order valence-corrected chi connectivity index (χ3v) is 5.07. The molecule has 19 heavy (non-hydrogen) atoms. The second-order valence-corrected chi connectivity index (χ2v) is 7.32. The molecule has 1 heterocycles. The zero-order valence-electron chi connectivity index (χ0n) is 13.3. The zero-order valence-corrected chi connectivity index (χ0v) is 13.3. The lowest BCUT2D eigenvalue weighted by Crippen LogP contribution is -2.48. The second kappa shape index (κ2) is 7.64. The Morgan fingerprint density at radius 2 is 1.58 bits per heavy atom. The van der Waals surface area contributed by atoms with Gasteiger partial charge in [-0.15, -0.1) is 0 Å². The summed E-state index contributed by atoms with van der Waals surface area (Å²) in [6.07, 6.45) is 10.0. The highest BCUT2D eigenvalue weighted by Gasteiger charge is 2.25. The predicted octanol–water partition coefficient (Wildman–Crippen LogP) is 3.67. The maximum absolute atomic E-state index is 3.94. The van der Waals surface area contributed by atoms with Crippen LogP contribution in [0.4, 0.5) is 0 Å². The third-order valence-electron chi connectivity index (χ3n) is 5.07. The molecule has 2 fully saturated rings. The Labute approximate surface area is 120 Å². The van der Waals surface area contributed by atoms with Crippen LogP contribution < -0.4 is 5.32 Å². The fourth-order valence-electron chi connectivity index (χ4n) is 3.94. The first-order chi connectivity index (χ1) is 9.15. The number of hydrogen-bond donors (Lipinski definition) is 1. The van der Waals surface area contributed by atoms with Crippen molar-refractivity contribution in [2.45, 2.75) is 77.8 Å². The zero-order chi connectivity index (χ0) is 13.7. The Morgan fingerprint density at radius 1 is 0.947 bits per heavy atom. The number of rotatable bonds is 5. The molecule has 1 saturated carbocycles. The van der Waals surface area contributed by atoms with Gasteiger partial charge in [0, 0.05) is 18.6 Å². The largest absolute Gasteiger partial charge is 0.311 e. The first-order valence-electron chi connectivity index (χ1n) is 8.63. The number of likely N-dealkylation sites (tertiary alicyclic amines) is 1. The van der Waals surface area contributed by atoms with E-state index in [2.05, 4.69) is 31.0 Å². The van der Waals surface area contributed by atoms with Gasteiger partial charge in [0.2, 0.25) is 0 Å². The number of hydrogen-bond acceptors (Lipinski definition) is 2. The molecule has 1 aliphatic carbocycles. The number of nitrogens with one attached hydrogen (secondary N) is 1. The first-order valence-corrected chi connectivity index (χ1v) is 8.63. The highest BCUT2D eigenvalue weighted by atomic mass is 15.1. The van der Waals surface area contributed by atoms with Crippen LogP contribution in [0.3, 0.4) is 0 Å². The lowest BCUT2D eigenvalue weighted by atomic mass is 9.84. The Hall–Kier alpha value is -0.0800. The van der Waals surface area contributed by atoms with Gasteiger partial charge in [-0.05, 0) is 57.5 Å². The van der Waals surface area contributed by atoms with Gasteiger partial charge >= 0.3 is 0 Å². The Morgan fingerprint density at radius 3 is 2.16 bits per heavy atom. The van der Waals surface area contributed by atoms with E-state index < -0.39 is 0 Å². The van der Waals surface area contributed by atoms with Crippen molar-refractivity contribution in [1.82, 2.24) is 10.2 Å². The SMILES string of the molecule is CC(C)CN1CCC(N[C@H](C)C2CCCCC2)CC1. The predicted molar refractivity (Wildman–Crippen MR) is 83.5 cm³/mol. The lowest BCUT2D eigenvalue weighted by Gasteiger charge is -2.37. The van der Waals surface area contributed by atoms with Crippen LogP contribution in [0.25, 0.3) is 0 Å². The fourth-order valence-corrected chi connectivity index (χ4v) is 3.94. The summed E-state index contributed by atoms with van der Waals surface area (Å²) in [5.74, 6) is 1.76. The van der Waals surface area contributed by atoms with Crippen LogP contribution in [0.1, 0.15) is 65.7 Å². The summed E-state index contributed by atoms with van der Waals surface area (Å²) in [5, 5.41) is 3.94. The van der Waals surface area contributed by atoms with E-state index in [1.54, 1.807) is 0 Å². The van der Waals surface area contributed by atoms with Gasteiger partial charge in [0.25, 0.3) is 0 Å². The fraction of sp³-hybridized carbons (Fsp3) is 1.00. The van der Waals surface area contributed by atoms with E-state index in [-0.39, 0.29) is 0 Å². The third kappa shape index (κ3) is 5.07. The van der Waals surface area contributed by atoms with Crippen LogP contribution in [0.2, 0.25) is 0 Å². The van der Waals surface area contributed by atoms with E-state index in [0.717, 1.165) is 23.9 Å². The van der Waals surface area contributed by atoms with Crippen LogP contribution in [-0.2, 0) is 0 Å². The minimum absolute atomic E-state index is 0.738. The molecule has 1 atom stereocenters. The van der Waals surface area contributed by atoms with E-state index in [9.17, 15) is 0 Å². The molecule has 2 heteroatoms. The van der Waals surface area contributed by atoms with Gasteiger partial charge in [-0.25, -0.2) is 0 Å². The average molecular weight is 266 g/mol. The van der Waals surface area contributed by atoms with Gasteiger partial charge in [0.15, 0.2) is 0 Å². The molecule has 0 radical (unpaired) electrons. The molecule has 0 aromatic carbocycles. The van der Waals surface area contributed by atoms with Gasteiger partial charge < -0.3 is 10.2 Å². The molecule has 1 saturated heterocycles. The van der Waals surface area contributed by atoms with Gasteiger partial charge in [-0.2, -0.15) is 0 Å². The van der Waals surface area contributed by atoms with Crippen molar-refractivity contribution in [1.29, 1.82) is 0 Å². The van der Waals surface area contributed by atoms with E-state index in [1.807, 2.05) is 0 Å². The Kier molecular flexibility index (Phi) is 6.15. The molecule has 0 aromatic rings. The minimum atomic E-state index is 0.738. The lowest BCUT2D eigenvalue weighted by molar-refractivity contribution is 0.163. The van der Waals surface area contributed by atoms with Crippen LogP contribution in [-0.4, -0.2) is 36.6 Å². The topological polar surface area (TPSA) is 15.3 Å². The molecular weight excluding hydrogens is 232 g/mol. The van der Waals surface area contributed by atoms with Gasteiger partial charge in [0.1, 0.15) is 0 Å². The van der Waals surface area contributed by atoms with Gasteiger partial charge in [-0.1, -0.05) is 33.1 Å². The first kappa shape index (κ1) is 15.3. The molecule has 0 amide bonds. The van der Waals surface area contributed by atoms with Crippen molar-refractivity contribution < 1.29 is 0 Å². The molecule has 2 nitrogen and oxygen atoms in total. The van der Waals surface area contributed by atoms with Crippen LogP contribution in [0.5, 0.6) is 0 Å². The smallest absolute Gasteiger partial charge is 0.00940 e. The molecule has 1 N–H and O–H groups in total. The van der Waals surface area contributed by atoms with Crippen molar-refractivity contribution in [3.63, 3.8) is 0 Å². The quantitative estimate of drug-likeness (QED) is 0.817. The summed E-state index contributed by atoms with van der Waals surface area (Å²) in [4.78, 5) is 2.65. The van der Waals surface area contributed by atoms with Crippen molar-refractivity contribution in [3.05, 3.63) is 0 Å². The Balaban J connectivity index is 1.67. The molecule has 0 unspecified atom stereocenters. The number of piperidine rings is 1. The van der Waals surface area contributed by atoms with Crippen LogP contribution >= 0.6 is 0 Å². The molecular formula is C17H34N2. The van der Waals surface area contributed by atoms with E-state index >= 15 is 0 Å². The van der Waals surface area contributed by atoms with E-state index in [4.69, 9.17) is 0 Å². The van der Waals surface area contributed by atoms with E-state index in [1.165, 1.54) is 64.6 Å². The minimum Gasteiger partial charge on any atom is -0.311 e. The van der Waals surface area contributed by atoms with E-state index in [0.29, 0.717) is 0 Å². The van der Waals surface area contributed by atoms with Crippen molar-refractivity contribution >= 4 is 0 Å². The number of nitrogens with zero attached hydrogens (tertiary/aromatic N) is 1. The molecule has 2 rings (SSSR count). The molecule has 112 valence electrons. The molecule has 0 aromatic heterocycles. The molecule has 0 bridgehead atoms. The average Bonchev–Trinajstić information content (AvgIpc) is 2.41. The monoisotopic (exact) mass is 266 g/mol. The maximum atomic E-state index is 3.94. The maximum Gasteiger partial charge on any atom is 0.00940 e. The van der Waals surface area contributed by atoms with Crippen molar-refractivity contribution in [2.75, 3.05) is 19.6 Å². The Bertz CT molecular complexity index is 238. The summed E-state index contributed by atoms with van der Waals surface area (Å²) >= 11 is 0. The van der Waals surface area contributed by atoms with Crippen LogP contribution in [0.15, 0.2) is 0 Å². The van der Waals surface area contributed by atoms with Gasteiger partial charge in [0.05, 0.1) is 0 Å². The highest BCUT2D eigenvalue weighted by molar-refractivity contribution is 4.83. The normalized spacial score (nSPS) is 25.9. The second-order valence-electron chi connectivity index (χ2n) is 7.32. The molecule has 1 aliphatic heterocycles. The molecule has 2 aliphatic rings. The van der Waals surface area contributed by atoms with Crippen molar-refractivity contribution in [2.24, 2.45) is 11.8 Å². The standard InChI is InChI=1S/C17H34N2/c1-14(2)13-19-11-9-17(10-12-19)18-15(3)16-7-5-4-6-8-16/h14-18H,4-13H2,1-3H3/t15-/m1/s1. The summed E-state index contributed by atoms with van der Waals surface area (Å²) in [6, 6.07) is 1.52. The summed E-state index contributed by atoms with van der Waals surface area (Å²) in [7, 11) is 0. The van der Waals surface area contributed by atoms with Crippen LogP contribution in [0, 0.1) is 11.8 Å². The summed E-state index contributed by atoms with van der Waals surface area (Å²) < 4.78 is 0. The highest BCUT2D eigenvalue weighted by Crippen LogP contribution is 2.27. The summed E-state index contributed by atoms with van der Waals surface area (Å²) in [5.41, 5.74) is 0. The van der Waals surface area contributed by atoms with Crippen molar-refractivity contribution in [3.8, 4) is 0 Å². The summed E-state index contributed by atoms with van der Waals surface area (Å²) in [6.45, 7) is 11.0. The van der Waals surface area contributed by atoms with Gasteiger partial charge in [-0.3, -0.25) is 0 Å².